The molecule has 3 heterocycles. The zero-order chi connectivity index (χ0) is 20.2. The van der Waals surface area contributed by atoms with Crippen LogP contribution < -0.4 is 15.4 Å². The van der Waals surface area contributed by atoms with E-state index in [2.05, 4.69) is 50.7 Å². The molecule has 4 N–H and O–H groups in total. The van der Waals surface area contributed by atoms with Crippen LogP contribution in [0.25, 0.3) is 11.0 Å². The summed E-state index contributed by atoms with van der Waals surface area (Å²) >= 11 is 0. The monoisotopic (exact) mass is 395 g/mol. The van der Waals surface area contributed by atoms with E-state index in [9.17, 15) is 4.79 Å². The molecule has 8 heteroatoms. The molecule has 0 bridgehead atoms. The van der Waals surface area contributed by atoms with Crippen molar-refractivity contribution in [3.05, 3.63) is 46.6 Å². The summed E-state index contributed by atoms with van der Waals surface area (Å²) in [5.74, 6) is 0.204. The number of anilines is 1. The van der Waals surface area contributed by atoms with Crippen molar-refractivity contribution in [3.8, 4) is 6.01 Å². The van der Waals surface area contributed by atoms with Gasteiger partial charge >= 0.3 is 12.1 Å². The first-order valence-corrected chi connectivity index (χ1v) is 9.96. The molecule has 152 valence electrons. The highest BCUT2D eigenvalue weighted by Gasteiger charge is 2.17. The molecule has 0 aliphatic carbocycles. The lowest BCUT2D eigenvalue weighted by atomic mass is 9.96. The molecule has 0 spiro atoms. The minimum absolute atomic E-state index is 0.185. The van der Waals surface area contributed by atoms with Gasteiger partial charge in [-0.3, -0.25) is 5.32 Å². The highest BCUT2D eigenvalue weighted by Crippen LogP contribution is 2.27. The summed E-state index contributed by atoms with van der Waals surface area (Å²) in [4.78, 5) is 23.1. The number of H-pyrrole nitrogens is 1. The van der Waals surface area contributed by atoms with Gasteiger partial charge in [0, 0.05) is 24.7 Å². The largest absolute Gasteiger partial charge is 0.465 e. The van der Waals surface area contributed by atoms with E-state index in [1.54, 1.807) is 0 Å². The number of amides is 1. The Morgan fingerprint density at radius 1 is 1.31 bits per heavy atom. The van der Waals surface area contributed by atoms with Crippen LogP contribution in [0.4, 0.5) is 10.6 Å². The Morgan fingerprint density at radius 3 is 3.03 bits per heavy atom. The van der Waals surface area contributed by atoms with Gasteiger partial charge in [0.15, 0.2) is 5.82 Å². The van der Waals surface area contributed by atoms with Crippen LogP contribution in [0.3, 0.4) is 0 Å². The van der Waals surface area contributed by atoms with E-state index in [1.165, 1.54) is 16.7 Å². The van der Waals surface area contributed by atoms with E-state index in [-0.39, 0.29) is 11.8 Å². The zero-order valence-corrected chi connectivity index (χ0v) is 16.4. The first kappa shape index (κ1) is 19.2. The first-order valence-electron chi connectivity index (χ1n) is 9.96. The topological polar surface area (TPSA) is 112 Å². The van der Waals surface area contributed by atoms with Crippen molar-refractivity contribution < 1.29 is 14.6 Å². The fraction of sp³-hybridized carbons (Fsp3) is 0.381. The van der Waals surface area contributed by atoms with Crippen molar-refractivity contribution >= 4 is 22.9 Å². The van der Waals surface area contributed by atoms with Gasteiger partial charge < -0.3 is 20.1 Å². The predicted molar refractivity (Wildman–Crippen MR) is 111 cm³/mol. The second kappa shape index (κ2) is 8.48. The van der Waals surface area contributed by atoms with Gasteiger partial charge in [-0.2, -0.15) is 9.97 Å². The van der Waals surface area contributed by atoms with Gasteiger partial charge in [0.05, 0.1) is 6.61 Å². The first-order chi connectivity index (χ1) is 14.1. The Kier molecular flexibility index (Phi) is 5.62. The SMILES string of the molecule is CCCCOc1nc(NC(=O)O)c2[nH]cc(Cc3ccc4c(c3)CNCC4)c2n1. The quantitative estimate of drug-likeness (QED) is 0.456. The molecule has 8 nitrogen and oxygen atoms in total. The molecule has 0 radical (unpaired) electrons. The molecule has 0 saturated carbocycles. The molecule has 0 atom stereocenters. The summed E-state index contributed by atoms with van der Waals surface area (Å²) < 4.78 is 5.65. The molecule has 1 amide bonds. The fourth-order valence-corrected chi connectivity index (χ4v) is 3.60. The highest BCUT2D eigenvalue weighted by atomic mass is 16.5. The number of carbonyl (C=O) groups is 1. The molecule has 29 heavy (non-hydrogen) atoms. The van der Waals surface area contributed by atoms with Crippen LogP contribution in [-0.4, -0.2) is 39.3 Å². The second-order valence-electron chi connectivity index (χ2n) is 7.23. The fourth-order valence-electron chi connectivity index (χ4n) is 3.60. The van der Waals surface area contributed by atoms with E-state index in [4.69, 9.17) is 9.84 Å². The van der Waals surface area contributed by atoms with Gasteiger partial charge in [-0.1, -0.05) is 31.5 Å². The molecule has 1 aliphatic rings. The summed E-state index contributed by atoms with van der Waals surface area (Å²) in [6.45, 7) is 4.47. The average molecular weight is 395 g/mol. The van der Waals surface area contributed by atoms with Crippen molar-refractivity contribution in [1.82, 2.24) is 20.3 Å². The van der Waals surface area contributed by atoms with E-state index in [0.29, 0.717) is 24.1 Å². The van der Waals surface area contributed by atoms with Crippen molar-refractivity contribution in [2.45, 2.75) is 39.2 Å². The Hall–Kier alpha value is -3.13. The average Bonchev–Trinajstić information content (AvgIpc) is 3.11. The summed E-state index contributed by atoms with van der Waals surface area (Å²) in [6, 6.07) is 6.77. The van der Waals surface area contributed by atoms with Crippen molar-refractivity contribution in [3.63, 3.8) is 0 Å². The number of nitrogens with one attached hydrogen (secondary N) is 3. The van der Waals surface area contributed by atoms with Crippen LogP contribution in [0.1, 0.15) is 42.0 Å². The number of carboxylic acid groups (broad SMARTS) is 1. The predicted octanol–water partition coefficient (Wildman–Crippen LogP) is 3.46. The summed E-state index contributed by atoms with van der Waals surface area (Å²) in [5, 5.41) is 14.9. The van der Waals surface area contributed by atoms with E-state index in [1.807, 2.05) is 6.20 Å². The van der Waals surface area contributed by atoms with Gasteiger partial charge in [0.25, 0.3) is 0 Å². The number of aromatic nitrogens is 3. The third-order valence-corrected chi connectivity index (χ3v) is 5.09. The number of ether oxygens (including phenoxy) is 1. The molecule has 0 unspecified atom stereocenters. The van der Waals surface area contributed by atoms with Gasteiger partial charge in [-0.15, -0.1) is 0 Å². The van der Waals surface area contributed by atoms with Gasteiger partial charge in [-0.25, -0.2) is 4.79 Å². The van der Waals surface area contributed by atoms with Crippen LogP contribution in [0.15, 0.2) is 24.4 Å². The number of fused-ring (bicyclic) bond motifs is 2. The number of hydrogen-bond donors (Lipinski definition) is 4. The van der Waals surface area contributed by atoms with Crippen LogP contribution in [0.2, 0.25) is 0 Å². The molecule has 3 aromatic rings. The molecule has 2 aromatic heterocycles. The van der Waals surface area contributed by atoms with Crippen molar-refractivity contribution in [1.29, 1.82) is 0 Å². The Bertz CT molecular complexity index is 1030. The van der Waals surface area contributed by atoms with Gasteiger partial charge in [0.2, 0.25) is 0 Å². The Balaban J connectivity index is 1.67. The number of aromatic amines is 1. The Labute approximate surface area is 168 Å². The van der Waals surface area contributed by atoms with E-state index < -0.39 is 6.09 Å². The minimum atomic E-state index is -1.18. The second-order valence-corrected chi connectivity index (χ2v) is 7.23. The normalized spacial score (nSPS) is 13.3. The smallest absolute Gasteiger partial charge is 0.410 e. The standard InChI is InChI=1S/C21H25N5O3/c1-2-3-8-29-20-24-17-16(12-23-18(17)19(25-20)26-21(27)28)10-13-4-5-14-6-7-22-11-15(14)9-13/h4-5,9,12,22-23H,2-3,6-8,10-11H2,1H3,(H,27,28)(H,24,25,26). The van der Waals surface area contributed by atoms with Crippen LogP contribution >= 0.6 is 0 Å². The van der Waals surface area contributed by atoms with Gasteiger partial charge in [-0.05, 0) is 36.1 Å². The molecule has 4 rings (SSSR count). The number of unbranched alkanes of at least 4 members (excludes halogenated alkanes) is 1. The third-order valence-electron chi connectivity index (χ3n) is 5.09. The maximum atomic E-state index is 11.2. The van der Waals surface area contributed by atoms with Crippen LogP contribution in [-0.2, 0) is 19.4 Å². The number of rotatable bonds is 7. The lowest BCUT2D eigenvalue weighted by Gasteiger charge is -2.17. The maximum Gasteiger partial charge on any atom is 0.410 e. The molecule has 0 fully saturated rings. The van der Waals surface area contributed by atoms with Crippen LogP contribution in [0, 0.1) is 0 Å². The minimum Gasteiger partial charge on any atom is -0.465 e. The molecular weight excluding hydrogens is 370 g/mol. The lowest BCUT2D eigenvalue weighted by Crippen LogP contribution is -2.23. The number of benzene rings is 1. The van der Waals surface area contributed by atoms with E-state index in [0.717, 1.165) is 37.9 Å². The van der Waals surface area contributed by atoms with E-state index >= 15 is 0 Å². The maximum absolute atomic E-state index is 11.2. The summed E-state index contributed by atoms with van der Waals surface area (Å²) in [6.07, 6.45) is 4.30. The number of hydrogen-bond acceptors (Lipinski definition) is 5. The third kappa shape index (κ3) is 4.32. The highest BCUT2D eigenvalue weighted by molar-refractivity contribution is 5.95. The zero-order valence-electron chi connectivity index (χ0n) is 16.4. The van der Waals surface area contributed by atoms with Crippen LogP contribution in [0.5, 0.6) is 6.01 Å². The van der Waals surface area contributed by atoms with Crippen molar-refractivity contribution in [2.24, 2.45) is 0 Å². The summed E-state index contributed by atoms with van der Waals surface area (Å²) in [5.41, 5.74) is 6.12. The Morgan fingerprint density at radius 2 is 2.21 bits per heavy atom. The lowest BCUT2D eigenvalue weighted by molar-refractivity contribution is 0.209. The summed E-state index contributed by atoms with van der Waals surface area (Å²) in [7, 11) is 0. The molecule has 1 aromatic carbocycles. The van der Waals surface area contributed by atoms with Gasteiger partial charge in [0.1, 0.15) is 11.0 Å². The van der Waals surface area contributed by atoms with Crippen molar-refractivity contribution in [2.75, 3.05) is 18.5 Å². The molecule has 1 aliphatic heterocycles. The molecule has 0 saturated heterocycles. The number of nitrogens with zero attached hydrogens (tertiary/aromatic N) is 2. The molecular formula is C21H25N5O3.